The normalized spacial score (nSPS) is 10.7. The second-order valence-electron chi connectivity index (χ2n) is 4.15. The summed E-state index contributed by atoms with van der Waals surface area (Å²) in [6.07, 6.45) is 0. The minimum atomic E-state index is 0.570. The molecule has 0 saturated heterocycles. The van der Waals surface area contributed by atoms with Crippen molar-refractivity contribution in [2.24, 2.45) is 0 Å². The molecule has 0 unspecified atom stereocenters. The van der Waals surface area contributed by atoms with E-state index in [1.165, 1.54) is 0 Å². The van der Waals surface area contributed by atoms with Gasteiger partial charge in [-0.2, -0.15) is 5.10 Å². The van der Waals surface area contributed by atoms with Gasteiger partial charge in [-0.3, -0.25) is 9.67 Å². The van der Waals surface area contributed by atoms with Crippen LogP contribution in [-0.2, 0) is 0 Å². The molecule has 0 amide bonds. The Bertz CT molecular complexity index is 809. The highest BCUT2D eigenvalue weighted by atomic mass is 79.9. The van der Waals surface area contributed by atoms with E-state index in [0.717, 1.165) is 26.0 Å². The zero-order valence-corrected chi connectivity index (χ0v) is 14.2. The van der Waals surface area contributed by atoms with Gasteiger partial charge in [0.15, 0.2) is 10.6 Å². The standard InChI is InChI=1S/C14H9Br2N3S/c15-9-6-7-11(12(16)8-9)13-17-18-14(20)19(13)10-4-2-1-3-5-10/h1-8H,(H,18,20). The fourth-order valence-corrected chi connectivity index (χ4v) is 3.43. The van der Waals surface area contributed by atoms with Gasteiger partial charge in [-0.1, -0.05) is 34.1 Å². The topological polar surface area (TPSA) is 33.6 Å². The summed E-state index contributed by atoms with van der Waals surface area (Å²) in [4.78, 5) is 0. The molecular weight excluding hydrogens is 402 g/mol. The molecule has 6 heteroatoms. The number of nitrogens with one attached hydrogen (secondary N) is 1. The van der Waals surface area contributed by atoms with Crippen LogP contribution in [0.3, 0.4) is 0 Å². The second-order valence-corrected chi connectivity index (χ2v) is 6.30. The van der Waals surface area contributed by atoms with Crippen molar-refractivity contribution in [3.8, 4) is 17.1 Å². The van der Waals surface area contributed by atoms with Gasteiger partial charge < -0.3 is 0 Å². The van der Waals surface area contributed by atoms with Gasteiger partial charge in [-0.25, -0.2) is 0 Å². The fourth-order valence-electron chi connectivity index (χ4n) is 1.97. The maximum Gasteiger partial charge on any atom is 0.200 e. The number of H-pyrrole nitrogens is 1. The number of benzene rings is 2. The molecule has 0 fully saturated rings. The predicted octanol–water partition coefficient (Wildman–Crippen LogP) is 5.12. The largest absolute Gasteiger partial charge is 0.268 e. The summed E-state index contributed by atoms with van der Waals surface area (Å²) in [7, 11) is 0. The molecule has 1 aromatic heterocycles. The summed E-state index contributed by atoms with van der Waals surface area (Å²) >= 11 is 12.4. The number of aromatic nitrogens is 3. The number of para-hydroxylation sites is 1. The third-order valence-corrected chi connectivity index (χ3v) is 4.28. The first kappa shape index (κ1) is 13.7. The Balaban J connectivity index is 2.24. The van der Waals surface area contributed by atoms with Gasteiger partial charge in [0.25, 0.3) is 0 Å². The average molecular weight is 411 g/mol. The van der Waals surface area contributed by atoms with E-state index >= 15 is 0 Å². The summed E-state index contributed by atoms with van der Waals surface area (Å²) in [6, 6.07) is 15.9. The SMILES string of the molecule is S=c1[nH]nc(-c2ccc(Br)cc2Br)n1-c1ccccc1. The maximum absolute atomic E-state index is 5.34. The van der Waals surface area contributed by atoms with E-state index in [1.807, 2.05) is 53.1 Å². The summed E-state index contributed by atoms with van der Waals surface area (Å²) in [5.41, 5.74) is 1.96. The Morgan fingerprint density at radius 3 is 2.50 bits per heavy atom. The van der Waals surface area contributed by atoms with Crippen molar-refractivity contribution in [2.75, 3.05) is 0 Å². The molecule has 1 N–H and O–H groups in total. The van der Waals surface area contributed by atoms with E-state index in [-0.39, 0.29) is 0 Å². The molecule has 2 aromatic carbocycles. The molecule has 3 nitrogen and oxygen atoms in total. The number of rotatable bonds is 2. The van der Waals surface area contributed by atoms with Gasteiger partial charge in [-0.15, -0.1) is 0 Å². The minimum Gasteiger partial charge on any atom is -0.268 e. The summed E-state index contributed by atoms with van der Waals surface area (Å²) in [6.45, 7) is 0. The number of aromatic amines is 1. The number of hydrogen-bond acceptors (Lipinski definition) is 2. The van der Waals surface area contributed by atoms with E-state index in [1.54, 1.807) is 0 Å². The third kappa shape index (κ3) is 2.51. The number of nitrogens with zero attached hydrogens (tertiary/aromatic N) is 2. The molecule has 3 rings (SSSR count). The van der Waals surface area contributed by atoms with Crippen molar-refractivity contribution in [2.45, 2.75) is 0 Å². The van der Waals surface area contributed by atoms with Crippen LogP contribution in [0.15, 0.2) is 57.5 Å². The van der Waals surface area contributed by atoms with Crippen LogP contribution in [0.1, 0.15) is 0 Å². The zero-order valence-electron chi connectivity index (χ0n) is 10.2. The molecule has 0 aliphatic rings. The Kier molecular flexibility index (Phi) is 3.87. The van der Waals surface area contributed by atoms with Gasteiger partial charge in [0, 0.05) is 20.2 Å². The van der Waals surface area contributed by atoms with Gasteiger partial charge in [-0.05, 0) is 58.5 Å². The lowest BCUT2D eigenvalue weighted by atomic mass is 10.2. The molecule has 0 spiro atoms. The molecule has 3 aromatic rings. The molecule has 100 valence electrons. The molecule has 1 heterocycles. The van der Waals surface area contributed by atoms with Gasteiger partial charge >= 0.3 is 0 Å². The van der Waals surface area contributed by atoms with Crippen LogP contribution < -0.4 is 0 Å². The molecule has 0 aliphatic carbocycles. The Labute approximate surface area is 137 Å². The van der Waals surface area contributed by atoms with Gasteiger partial charge in [0.05, 0.1) is 0 Å². The van der Waals surface area contributed by atoms with E-state index in [9.17, 15) is 0 Å². The average Bonchev–Trinajstić information content (AvgIpc) is 2.81. The van der Waals surface area contributed by atoms with Crippen molar-refractivity contribution < 1.29 is 0 Å². The highest BCUT2D eigenvalue weighted by Gasteiger charge is 2.13. The lowest BCUT2D eigenvalue weighted by molar-refractivity contribution is 1.04. The predicted molar refractivity (Wildman–Crippen MR) is 89.6 cm³/mol. The van der Waals surface area contributed by atoms with Crippen molar-refractivity contribution in [1.82, 2.24) is 14.8 Å². The van der Waals surface area contributed by atoms with Gasteiger partial charge in [0.1, 0.15) is 0 Å². The first-order chi connectivity index (χ1) is 9.66. The van der Waals surface area contributed by atoms with E-state index in [2.05, 4.69) is 42.1 Å². The molecule has 0 bridgehead atoms. The van der Waals surface area contributed by atoms with Crippen molar-refractivity contribution in [3.63, 3.8) is 0 Å². The summed E-state index contributed by atoms with van der Waals surface area (Å²) < 4.78 is 4.45. The van der Waals surface area contributed by atoms with Crippen LogP contribution in [-0.4, -0.2) is 14.8 Å². The molecule has 0 atom stereocenters. The van der Waals surface area contributed by atoms with Crippen molar-refractivity contribution in [3.05, 3.63) is 62.2 Å². The van der Waals surface area contributed by atoms with Crippen LogP contribution in [0, 0.1) is 4.77 Å². The summed E-state index contributed by atoms with van der Waals surface area (Å²) in [5.74, 6) is 0.778. The monoisotopic (exact) mass is 409 g/mol. The molecule has 0 aliphatic heterocycles. The molecular formula is C14H9Br2N3S. The Morgan fingerprint density at radius 2 is 1.80 bits per heavy atom. The maximum atomic E-state index is 5.34. The first-order valence-electron chi connectivity index (χ1n) is 5.85. The summed E-state index contributed by atoms with van der Waals surface area (Å²) in [5, 5.41) is 7.21. The molecule has 0 radical (unpaired) electrons. The van der Waals surface area contributed by atoms with E-state index in [0.29, 0.717) is 4.77 Å². The van der Waals surface area contributed by atoms with Crippen LogP contribution in [0.25, 0.3) is 17.1 Å². The van der Waals surface area contributed by atoms with E-state index < -0.39 is 0 Å². The van der Waals surface area contributed by atoms with Gasteiger partial charge in [0.2, 0.25) is 0 Å². The quantitative estimate of drug-likeness (QED) is 0.594. The first-order valence-corrected chi connectivity index (χ1v) is 7.84. The van der Waals surface area contributed by atoms with Crippen molar-refractivity contribution in [1.29, 1.82) is 0 Å². The van der Waals surface area contributed by atoms with Crippen LogP contribution in [0.5, 0.6) is 0 Å². The Hall–Kier alpha value is -1.24. The lowest BCUT2D eigenvalue weighted by Gasteiger charge is -2.08. The minimum absolute atomic E-state index is 0.570. The second kappa shape index (κ2) is 5.63. The van der Waals surface area contributed by atoms with Crippen molar-refractivity contribution >= 4 is 44.1 Å². The lowest BCUT2D eigenvalue weighted by Crippen LogP contribution is -1.97. The van der Waals surface area contributed by atoms with Crippen LogP contribution in [0.4, 0.5) is 0 Å². The molecule has 0 saturated carbocycles. The number of halogens is 2. The highest BCUT2D eigenvalue weighted by molar-refractivity contribution is 9.11. The fraction of sp³-hybridized carbons (Fsp3) is 0. The van der Waals surface area contributed by atoms with Crippen LogP contribution in [0.2, 0.25) is 0 Å². The molecule has 20 heavy (non-hydrogen) atoms. The highest BCUT2D eigenvalue weighted by Crippen LogP contribution is 2.30. The van der Waals surface area contributed by atoms with E-state index in [4.69, 9.17) is 12.2 Å². The third-order valence-electron chi connectivity index (χ3n) is 2.86. The zero-order chi connectivity index (χ0) is 14.1. The number of hydrogen-bond donors (Lipinski definition) is 1. The Morgan fingerprint density at radius 1 is 1.05 bits per heavy atom. The smallest absolute Gasteiger partial charge is 0.200 e. The van der Waals surface area contributed by atoms with Crippen LogP contribution >= 0.6 is 44.1 Å².